The van der Waals surface area contributed by atoms with Crippen molar-refractivity contribution >= 4 is 40.5 Å². The molecule has 0 atom stereocenters. The van der Waals surface area contributed by atoms with Crippen LogP contribution in [0.15, 0.2) is 36.4 Å². The molecule has 2 aromatic rings. The molecule has 2 aromatic carbocycles. The predicted molar refractivity (Wildman–Crippen MR) is 107 cm³/mol. The molecule has 0 radical (unpaired) electrons. The van der Waals surface area contributed by atoms with Gasteiger partial charge in [-0.15, -0.1) is 0 Å². The van der Waals surface area contributed by atoms with Crippen LogP contribution in [0.3, 0.4) is 0 Å². The molecular formula is C19H18ClN3O6. The minimum absolute atomic E-state index is 0.0283. The molecule has 1 aliphatic rings. The number of hydrogen-bond acceptors (Lipinski definition) is 6. The van der Waals surface area contributed by atoms with Gasteiger partial charge in [-0.25, -0.2) is 0 Å². The average Bonchev–Trinajstić information content (AvgIpc) is 2.64. The van der Waals surface area contributed by atoms with Crippen LogP contribution in [0.25, 0.3) is 0 Å². The second kappa shape index (κ2) is 7.59. The van der Waals surface area contributed by atoms with E-state index in [-0.39, 0.29) is 36.0 Å². The smallest absolute Gasteiger partial charge is 0.271 e. The molecule has 0 fully saturated rings. The Hall–Kier alpha value is -3.33. The van der Waals surface area contributed by atoms with Crippen LogP contribution >= 0.6 is 11.6 Å². The first-order valence-electron chi connectivity index (χ1n) is 8.66. The van der Waals surface area contributed by atoms with Gasteiger partial charge in [0.05, 0.1) is 16.3 Å². The molecule has 29 heavy (non-hydrogen) atoms. The number of nitro benzene ring substituents is 1. The van der Waals surface area contributed by atoms with Gasteiger partial charge >= 0.3 is 0 Å². The van der Waals surface area contributed by atoms with E-state index in [2.05, 4.69) is 5.32 Å². The van der Waals surface area contributed by atoms with Gasteiger partial charge in [-0.05, 0) is 38.1 Å². The van der Waals surface area contributed by atoms with E-state index in [9.17, 15) is 24.8 Å². The summed E-state index contributed by atoms with van der Waals surface area (Å²) in [5.41, 5.74) is -1.02. The SMILES string of the molecule is CC1(C)Oc2ccc(Cl)cc2N(CCC(=O)Nc2cc([N+](=O)[O-])ccc2O)C1=O. The number of hydrogen-bond donors (Lipinski definition) is 2. The predicted octanol–water partition coefficient (Wildman–Crippen LogP) is 3.49. The molecule has 2 N–H and O–H groups in total. The molecule has 2 amide bonds. The van der Waals surface area contributed by atoms with Gasteiger partial charge in [0.1, 0.15) is 11.5 Å². The van der Waals surface area contributed by atoms with Gasteiger partial charge < -0.3 is 20.1 Å². The van der Waals surface area contributed by atoms with Crippen LogP contribution in [0.1, 0.15) is 20.3 Å². The number of carbonyl (C=O) groups is 2. The number of ether oxygens (including phenoxy) is 1. The number of phenols is 1. The Morgan fingerprint density at radius 3 is 2.72 bits per heavy atom. The molecule has 9 nitrogen and oxygen atoms in total. The molecule has 0 saturated carbocycles. The maximum Gasteiger partial charge on any atom is 0.271 e. The largest absolute Gasteiger partial charge is 0.506 e. The fourth-order valence-electron chi connectivity index (χ4n) is 2.93. The maximum absolute atomic E-state index is 12.8. The Kier molecular flexibility index (Phi) is 5.34. The Morgan fingerprint density at radius 1 is 1.31 bits per heavy atom. The number of amides is 2. The highest BCUT2D eigenvalue weighted by molar-refractivity contribution is 6.31. The van der Waals surface area contributed by atoms with Crippen LogP contribution in [-0.2, 0) is 9.59 Å². The molecule has 0 aliphatic carbocycles. The lowest BCUT2D eigenvalue weighted by Gasteiger charge is -2.38. The zero-order chi connectivity index (χ0) is 21.3. The summed E-state index contributed by atoms with van der Waals surface area (Å²) in [6.45, 7) is 3.28. The van der Waals surface area contributed by atoms with Gasteiger partial charge in [-0.1, -0.05) is 11.6 Å². The summed E-state index contributed by atoms with van der Waals surface area (Å²) in [5, 5.41) is 23.5. The summed E-state index contributed by atoms with van der Waals surface area (Å²) in [5.74, 6) is -0.694. The quantitative estimate of drug-likeness (QED) is 0.434. The highest BCUT2D eigenvalue weighted by Crippen LogP contribution is 2.39. The number of benzene rings is 2. The molecule has 0 saturated heterocycles. The summed E-state index contributed by atoms with van der Waals surface area (Å²) in [6, 6.07) is 8.18. The topological polar surface area (TPSA) is 122 Å². The third kappa shape index (κ3) is 4.24. The first-order chi connectivity index (χ1) is 13.6. The molecule has 152 valence electrons. The fourth-order valence-corrected chi connectivity index (χ4v) is 3.09. The number of fused-ring (bicyclic) bond motifs is 1. The minimum Gasteiger partial charge on any atom is -0.506 e. The third-order valence-electron chi connectivity index (χ3n) is 4.36. The van der Waals surface area contributed by atoms with Crippen LogP contribution in [0.4, 0.5) is 17.1 Å². The Labute approximate surface area is 171 Å². The molecule has 10 heteroatoms. The highest BCUT2D eigenvalue weighted by atomic mass is 35.5. The number of aromatic hydroxyl groups is 1. The van der Waals surface area contributed by atoms with Gasteiger partial charge in [-0.3, -0.25) is 19.7 Å². The van der Waals surface area contributed by atoms with E-state index < -0.39 is 16.4 Å². The van der Waals surface area contributed by atoms with Crippen molar-refractivity contribution in [2.45, 2.75) is 25.9 Å². The van der Waals surface area contributed by atoms with Crippen molar-refractivity contribution in [3.63, 3.8) is 0 Å². The van der Waals surface area contributed by atoms with E-state index >= 15 is 0 Å². The fraction of sp³-hybridized carbons (Fsp3) is 0.263. The molecule has 0 bridgehead atoms. The Bertz CT molecular complexity index is 1010. The average molecular weight is 420 g/mol. The minimum atomic E-state index is -1.12. The maximum atomic E-state index is 12.8. The highest BCUT2D eigenvalue weighted by Gasteiger charge is 2.40. The number of nitrogens with zero attached hydrogens (tertiary/aromatic N) is 2. The zero-order valence-electron chi connectivity index (χ0n) is 15.6. The first kappa shape index (κ1) is 20.4. The number of phenolic OH excluding ortho intramolecular Hbond substituents is 1. The van der Waals surface area contributed by atoms with Gasteiger partial charge in [0, 0.05) is 30.1 Å². The lowest BCUT2D eigenvalue weighted by atomic mass is 10.0. The Morgan fingerprint density at radius 2 is 2.03 bits per heavy atom. The standard InChI is InChI=1S/C19H18ClN3O6/c1-19(2)18(26)22(14-9-11(20)3-6-16(14)29-19)8-7-17(25)21-13-10-12(23(27)28)4-5-15(13)24/h3-6,9-10,24H,7-8H2,1-2H3,(H,21,25). The number of anilines is 2. The van der Waals surface area contributed by atoms with E-state index in [0.717, 1.165) is 18.2 Å². The second-order valence-corrected chi connectivity index (χ2v) is 7.37. The lowest BCUT2D eigenvalue weighted by Crippen LogP contribution is -2.53. The zero-order valence-corrected chi connectivity index (χ0v) is 16.4. The van der Waals surface area contributed by atoms with Crippen molar-refractivity contribution in [3.8, 4) is 11.5 Å². The lowest BCUT2D eigenvalue weighted by molar-refractivity contribution is -0.384. The molecule has 3 rings (SSSR count). The molecule has 0 aromatic heterocycles. The van der Waals surface area contributed by atoms with Crippen LogP contribution in [-0.4, -0.2) is 34.0 Å². The van der Waals surface area contributed by atoms with Gasteiger partial charge in [0.15, 0.2) is 5.60 Å². The van der Waals surface area contributed by atoms with Crippen LogP contribution < -0.4 is 15.0 Å². The molecule has 0 unspecified atom stereocenters. The molecule has 1 aliphatic heterocycles. The first-order valence-corrected chi connectivity index (χ1v) is 9.04. The van der Waals surface area contributed by atoms with Gasteiger partial charge in [0.2, 0.25) is 5.91 Å². The number of nitro groups is 1. The van der Waals surface area contributed by atoms with Crippen molar-refractivity contribution in [2.75, 3.05) is 16.8 Å². The molecule has 0 spiro atoms. The monoisotopic (exact) mass is 419 g/mol. The van der Waals surface area contributed by atoms with Crippen LogP contribution in [0, 0.1) is 10.1 Å². The second-order valence-electron chi connectivity index (χ2n) is 6.94. The Balaban J connectivity index is 1.76. The van der Waals surface area contributed by atoms with Crippen molar-refractivity contribution in [3.05, 3.63) is 51.5 Å². The summed E-state index contributed by atoms with van der Waals surface area (Å²) >= 11 is 6.03. The normalized spacial score (nSPS) is 14.7. The van der Waals surface area contributed by atoms with Crippen LogP contribution in [0.5, 0.6) is 11.5 Å². The number of rotatable bonds is 5. The number of carbonyl (C=O) groups excluding carboxylic acids is 2. The van der Waals surface area contributed by atoms with E-state index in [1.165, 1.54) is 4.90 Å². The number of halogens is 1. The van der Waals surface area contributed by atoms with Crippen molar-refractivity contribution in [2.24, 2.45) is 0 Å². The number of nitrogens with one attached hydrogen (secondary N) is 1. The van der Waals surface area contributed by atoms with E-state index in [0.29, 0.717) is 16.5 Å². The molecule has 1 heterocycles. The summed E-state index contributed by atoms with van der Waals surface area (Å²) < 4.78 is 5.72. The van der Waals surface area contributed by atoms with Crippen molar-refractivity contribution < 1.29 is 24.4 Å². The van der Waals surface area contributed by atoms with E-state index in [1.807, 2.05) is 0 Å². The van der Waals surface area contributed by atoms with Gasteiger partial charge in [-0.2, -0.15) is 0 Å². The summed E-state index contributed by atoms with van der Waals surface area (Å²) in [6.07, 6.45) is -0.115. The van der Waals surface area contributed by atoms with Crippen LogP contribution in [0.2, 0.25) is 5.02 Å². The number of non-ortho nitro benzene ring substituents is 1. The van der Waals surface area contributed by atoms with E-state index in [1.54, 1.807) is 32.0 Å². The van der Waals surface area contributed by atoms with E-state index in [4.69, 9.17) is 16.3 Å². The summed E-state index contributed by atoms with van der Waals surface area (Å²) in [7, 11) is 0. The molecular weight excluding hydrogens is 402 g/mol. The third-order valence-corrected chi connectivity index (χ3v) is 4.60. The van der Waals surface area contributed by atoms with Gasteiger partial charge in [0.25, 0.3) is 11.6 Å². The van der Waals surface area contributed by atoms with Crippen molar-refractivity contribution in [1.82, 2.24) is 0 Å². The van der Waals surface area contributed by atoms with Crippen molar-refractivity contribution in [1.29, 1.82) is 0 Å². The summed E-state index contributed by atoms with van der Waals surface area (Å²) in [4.78, 5) is 36.8.